The van der Waals surface area contributed by atoms with E-state index in [1.54, 1.807) is 6.20 Å². The molecule has 0 aliphatic heterocycles. The molecule has 0 unspecified atom stereocenters. The van der Waals surface area contributed by atoms with Crippen LogP contribution in [-0.4, -0.2) is 15.0 Å². The van der Waals surface area contributed by atoms with Crippen molar-refractivity contribution < 1.29 is 4.39 Å². The fourth-order valence-electron chi connectivity index (χ4n) is 1.22. The first-order chi connectivity index (χ1) is 7.61. The fraction of sp³-hybridized carbons (Fsp3) is 0.111. The predicted octanol–water partition coefficient (Wildman–Crippen LogP) is 3.56. The monoisotopic (exact) mass is 323 g/mol. The normalized spacial score (nSPS) is 10.8. The van der Waals surface area contributed by atoms with Gasteiger partial charge in [0.25, 0.3) is 0 Å². The lowest BCUT2D eigenvalue weighted by atomic mass is 10.3. The number of nitrogens with zero attached hydrogens (tertiary/aromatic N) is 3. The van der Waals surface area contributed by atoms with Crippen LogP contribution in [0.25, 0.3) is 5.69 Å². The molecule has 0 saturated heterocycles. The molecular weight excluding hydrogens is 320 g/mol. The van der Waals surface area contributed by atoms with Crippen molar-refractivity contribution in [3.8, 4) is 5.69 Å². The molecule has 0 spiro atoms. The zero-order chi connectivity index (χ0) is 11.7. The van der Waals surface area contributed by atoms with Gasteiger partial charge in [-0.05, 0) is 28.1 Å². The van der Waals surface area contributed by atoms with E-state index in [2.05, 4.69) is 26.2 Å². The summed E-state index contributed by atoms with van der Waals surface area (Å²) in [6, 6.07) is 2.52. The summed E-state index contributed by atoms with van der Waals surface area (Å²) in [7, 11) is 0. The Morgan fingerprint density at radius 3 is 2.75 bits per heavy atom. The van der Waals surface area contributed by atoms with Crippen LogP contribution in [0.1, 0.15) is 5.69 Å². The van der Waals surface area contributed by atoms with E-state index >= 15 is 0 Å². The van der Waals surface area contributed by atoms with Crippen molar-refractivity contribution in [2.75, 3.05) is 0 Å². The third-order valence-corrected chi connectivity index (χ3v) is 3.05. The first-order valence-electron chi connectivity index (χ1n) is 4.24. The van der Waals surface area contributed by atoms with Crippen LogP contribution in [0.3, 0.4) is 0 Å². The van der Waals surface area contributed by atoms with Crippen LogP contribution in [0.4, 0.5) is 4.39 Å². The van der Waals surface area contributed by atoms with Crippen LogP contribution in [0.2, 0.25) is 5.02 Å². The van der Waals surface area contributed by atoms with Crippen LogP contribution in [-0.2, 0) is 5.88 Å². The minimum absolute atomic E-state index is 0.248. The van der Waals surface area contributed by atoms with Gasteiger partial charge in [0.2, 0.25) is 0 Å². The van der Waals surface area contributed by atoms with E-state index in [0.717, 1.165) is 0 Å². The summed E-state index contributed by atoms with van der Waals surface area (Å²) in [4.78, 5) is 0. The van der Waals surface area contributed by atoms with Crippen molar-refractivity contribution in [3.05, 3.63) is 39.3 Å². The van der Waals surface area contributed by atoms with Crippen LogP contribution in [0.5, 0.6) is 0 Å². The number of aromatic nitrogens is 3. The minimum atomic E-state index is -0.418. The van der Waals surface area contributed by atoms with Gasteiger partial charge in [-0.3, -0.25) is 0 Å². The number of benzene rings is 1. The smallest absolute Gasteiger partial charge is 0.125 e. The van der Waals surface area contributed by atoms with Gasteiger partial charge in [-0.15, -0.1) is 16.7 Å². The summed E-state index contributed by atoms with van der Waals surface area (Å²) >= 11 is 14.8. The molecule has 2 aromatic rings. The molecule has 7 heteroatoms. The Morgan fingerprint density at radius 1 is 1.44 bits per heavy atom. The first-order valence-corrected chi connectivity index (χ1v) is 5.94. The van der Waals surface area contributed by atoms with Crippen LogP contribution in [0.15, 0.2) is 22.8 Å². The van der Waals surface area contributed by atoms with E-state index < -0.39 is 5.82 Å². The Labute approximate surface area is 109 Å². The zero-order valence-corrected chi connectivity index (χ0v) is 10.9. The Kier molecular flexibility index (Phi) is 3.47. The molecule has 0 amide bonds. The van der Waals surface area contributed by atoms with Crippen molar-refractivity contribution >= 4 is 39.1 Å². The molecule has 1 aromatic heterocycles. The number of hydrogen-bond acceptors (Lipinski definition) is 2. The lowest BCUT2D eigenvalue weighted by Crippen LogP contribution is -1.98. The highest BCUT2D eigenvalue weighted by molar-refractivity contribution is 9.10. The lowest BCUT2D eigenvalue weighted by Gasteiger charge is -2.06. The maximum Gasteiger partial charge on any atom is 0.125 e. The Morgan fingerprint density at radius 2 is 2.19 bits per heavy atom. The van der Waals surface area contributed by atoms with Crippen molar-refractivity contribution in [2.45, 2.75) is 5.88 Å². The minimum Gasteiger partial charge on any atom is -0.218 e. The molecule has 1 aromatic carbocycles. The molecule has 16 heavy (non-hydrogen) atoms. The van der Waals surface area contributed by atoms with Crippen molar-refractivity contribution in [3.63, 3.8) is 0 Å². The summed E-state index contributed by atoms with van der Waals surface area (Å²) in [5.74, 6) is -0.158. The highest BCUT2D eigenvalue weighted by Gasteiger charge is 2.12. The SMILES string of the molecule is Fc1cc(Cl)c(-n2cc(CCl)nn2)c(Br)c1. The Balaban J connectivity index is 2.55. The predicted molar refractivity (Wildman–Crippen MR) is 63.6 cm³/mol. The quantitative estimate of drug-likeness (QED) is 0.791. The second-order valence-corrected chi connectivity index (χ2v) is 4.53. The molecular formula is C9H5BrCl2FN3. The zero-order valence-electron chi connectivity index (χ0n) is 7.79. The van der Waals surface area contributed by atoms with Crippen LogP contribution < -0.4 is 0 Å². The average molecular weight is 325 g/mol. The molecule has 0 radical (unpaired) electrons. The molecule has 0 bridgehead atoms. The molecule has 0 atom stereocenters. The fourth-order valence-corrected chi connectivity index (χ4v) is 2.37. The third-order valence-electron chi connectivity index (χ3n) is 1.89. The van der Waals surface area contributed by atoms with Gasteiger partial charge in [0, 0.05) is 4.47 Å². The van der Waals surface area contributed by atoms with Crippen molar-refractivity contribution in [1.82, 2.24) is 15.0 Å². The van der Waals surface area contributed by atoms with Gasteiger partial charge in [0.15, 0.2) is 0 Å². The van der Waals surface area contributed by atoms with Gasteiger partial charge >= 0.3 is 0 Å². The van der Waals surface area contributed by atoms with Crippen LogP contribution in [0, 0.1) is 5.82 Å². The Hall–Kier alpha value is -0.650. The molecule has 0 aliphatic carbocycles. The topological polar surface area (TPSA) is 30.7 Å². The van der Waals surface area contributed by atoms with E-state index in [4.69, 9.17) is 23.2 Å². The van der Waals surface area contributed by atoms with Gasteiger partial charge in [-0.2, -0.15) is 0 Å². The molecule has 84 valence electrons. The second-order valence-electron chi connectivity index (χ2n) is 3.01. The van der Waals surface area contributed by atoms with Crippen molar-refractivity contribution in [2.24, 2.45) is 0 Å². The summed E-state index contributed by atoms with van der Waals surface area (Å²) in [5.41, 5.74) is 1.15. The molecule has 0 N–H and O–H groups in total. The molecule has 0 aliphatic rings. The summed E-state index contributed by atoms with van der Waals surface area (Å²) < 4.78 is 15.0. The molecule has 0 fully saturated rings. The lowest BCUT2D eigenvalue weighted by molar-refractivity contribution is 0.625. The van der Waals surface area contributed by atoms with Crippen LogP contribution >= 0.6 is 39.1 Å². The maximum absolute atomic E-state index is 13.0. The molecule has 2 rings (SSSR count). The van der Waals surface area contributed by atoms with E-state index in [1.165, 1.54) is 16.8 Å². The summed E-state index contributed by atoms with van der Waals surface area (Å²) in [6.45, 7) is 0. The largest absolute Gasteiger partial charge is 0.218 e. The summed E-state index contributed by atoms with van der Waals surface area (Å²) in [5, 5.41) is 7.93. The van der Waals surface area contributed by atoms with Gasteiger partial charge in [0.05, 0.1) is 28.5 Å². The standard InChI is InChI=1S/C9H5BrCl2FN3/c10-7-1-5(13)2-8(12)9(7)16-4-6(3-11)14-15-16/h1-2,4H,3H2. The molecule has 1 heterocycles. The van der Waals surface area contributed by atoms with E-state index in [-0.39, 0.29) is 10.9 Å². The highest BCUT2D eigenvalue weighted by Crippen LogP contribution is 2.29. The third kappa shape index (κ3) is 2.21. The van der Waals surface area contributed by atoms with Gasteiger partial charge < -0.3 is 0 Å². The molecule has 0 saturated carbocycles. The maximum atomic E-state index is 13.0. The van der Waals surface area contributed by atoms with Crippen molar-refractivity contribution in [1.29, 1.82) is 0 Å². The number of hydrogen-bond donors (Lipinski definition) is 0. The van der Waals surface area contributed by atoms with Gasteiger partial charge in [-0.1, -0.05) is 16.8 Å². The number of rotatable bonds is 2. The van der Waals surface area contributed by atoms with E-state index in [0.29, 0.717) is 15.9 Å². The Bertz CT molecular complexity index is 506. The van der Waals surface area contributed by atoms with E-state index in [1.807, 2.05) is 0 Å². The number of halogens is 4. The highest BCUT2D eigenvalue weighted by atomic mass is 79.9. The van der Waals surface area contributed by atoms with E-state index in [9.17, 15) is 4.39 Å². The average Bonchev–Trinajstić information content (AvgIpc) is 2.64. The number of alkyl halides is 1. The molecule has 3 nitrogen and oxygen atoms in total. The second kappa shape index (κ2) is 4.69. The van der Waals surface area contributed by atoms with Gasteiger partial charge in [0.1, 0.15) is 5.82 Å². The van der Waals surface area contributed by atoms with Gasteiger partial charge in [-0.25, -0.2) is 9.07 Å². The summed E-state index contributed by atoms with van der Waals surface area (Å²) in [6.07, 6.45) is 1.64. The first kappa shape index (κ1) is 11.8.